The van der Waals surface area contributed by atoms with E-state index >= 15 is 0 Å². The molecule has 0 bridgehead atoms. The molecule has 6 heteroatoms. The molecule has 0 aliphatic rings. The van der Waals surface area contributed by atoms with Crippen molar-refractivity contribution in [3.63, 3.8) is 0 Å². The Hall–Kier alpha value is -2.73. The molecule has 3 N–H and O–H groups in total. The third-order valence-corrected chi connectivity index (χ3v) is 3.89. The second-order valence-electron chi connectivity index (χ2n) is 5.57. The standard InChI is InChI=1S/C18H21N5O/c1-2-14(12-24)21-18-16-15(9-6-10-19-16)17(22-23-18)20-11-13-7-4-3-5-8-13/h3-10,14,24H,2,11-12H2,1H3,(H,20,22)(H,21,23). The second kappa shape index (κ2) is 7.70. The van der Waals surface area contributed by atoms with Gasteiger partial charge in [0.1, 0.15) is 5.52 Å². The number of hydrogen-bond donors (Lipinski definition) is 3. The number of rotatable bonds is 7. The fraction of sp³-hybridized carbons (Fsp3) is 0.278. The molecule has 3 rings (SSSR count). The van der Waals surface area contributed by atoms with Crippen LogP contribution >= 0.6 is 0 Å². The molecule has 24 heavy (non-hydrogen) atoms. The summed E-state index contributed by atoms with van der Waals surface area (Å²) in [6.07, 6.45) is 2.52. The van der Waals surface area contributed by atoms with Crippen molar-refractivity contribution in [2.24, 2.45) is 0 Å². The molecule has 124 valence electrons. The molecule has 0 amide bonds. The smallest absolute Gasteiger partial charge is 0.175 e. The summed E-state index contributed by atoms with van der Waals surface area (Å²) in [5.41, 5.74) is 1.92. The Balaban J connectivity index is 1.87. The van der Waals surface area contributed by atoms with Gasteiger partial charge in [-0.15, -0.1) is 10.2 Å². The van der Waals surface area contributed by atoms with Crippen molar-refractivity contribution in [2.45, 2.75) is 25.9 Å². The van der Waals surface area contributed by atoms with E-state index in [9.17, 15) is 5.11 Å². The maximum atomic E-state index is 9.38. The van der Waals surface area contributed by atoms with Crippen LogP contribution in [-0.2, 0) is 6.54 Å². The summed E-state index contributed by atoms with van der Waals surface area (Å²) in [6, 6.07) is 13.9. The lowest BCUT2D eigenvalue weighted by atomic mass is 10.2. The van der Waals surface area contributed by atoms with E-state index in [1.54, 1.807) is 6.20 Å². The number of nitrogens with zero attached hydrogens (tertiary/aromatic N) is 3. The molecule has 0 saturated carbocycles. The third-order valence-electron chi connectivity index (χ3n) is 3.89. The highest BCUT2D eigenvalue weighted by Gasteiger charge is 2.13. The maximum Gasteiger partial charge on any atom is 0.175 e. The van der Waals surface area contributed by atoms with Crippen molar-refractivity contribution in [3.05, 3.63) is 54.2 Å². The van der Waals surface area contributed by atoms with E-state index in [2.05, 4.69) is 37.9 Å². The highest BCUT2D eigenvalue weighted by atomic mass is 16.3. The van der Waals surface area contributed by atoms with Crippen LogP contribution in [0.3, 0.4) is 0 Å². The number of anilines is 2. The van der Waals surface area contributed by atoms with Crippen LogP contribution < -0.4 is 10.6 Å². The van der Waals surface area contributed by atoms with Crippen LogP contribution in [0.2, 0.25) is 0 Å². The van der Waals surface area contributed by atoms with Gasteiger partial charge >= 0.3 is 0 Å². The number of nitrogens with one attached hydrogen (secondary N) is 2. The Morgan fingerprint density at radius 1 is 1.04 bits per heavy atom. The highest BCUT2D eigenvalue weighted by molar-refractivity contribution is 5.95. The number of aliphatic hydroxyl groups is 1. The molecule has 1 aromatic carbocycles. The van der Waals surface area contributed by atoms with Crippen LogP contribution in [0.5, 0.6) is 0 Å². The number of aliphatic hydroxyl groups excluding tert-OH is 1. The lowest BCUT2D eigenvalue weighted by Gasteiger charge is -2.16. The van der Waals surface area contributed by atoms with Crippen LogP contribution in [0, 0.1) is 0 Å². The zero-order chi connectivity index (χ0) is 16.8. The third kappa shape index (κ3) is 3.60. The van der Waals surface area contributed by atoms with Crippen molar-refractivity contribution in [2.75, 3.05) is 17.2 Å². The van der Waals surface area contributed by atoms with Gasteiger partial charge in [-0.05, 0) is 24.1 Å². The summed E-state index contributed by atoms with van der Waals surface area (Å²) in [7, 11) is 0. The van der Waals surface area contributed by atoms with Gasteiger partial charge in [-0.1, -0.05) is 37.3 Å². The van der Waals surface area contributed by atoms with Gasteiger partial charge in [0.25, 0.3) is 0 Å². The molecule has 0 spiro atoms. The number of benzene rings is 1. The van der Waals surface area contributed by atoms with Crippen molar-refractivity contribution in [1.82, 2.24) is 15.2 Å². The molecule has 3 aromatic rings. The predicted molar refractivity (Wildman–Crippen MR) is 95.9 cm³/mol. The molecule has 2 heterocycles. The Morgan fingerprint density at radius 3 is 2.58 bits per heavy atom. The highest BCUT2D eigenvalue weighted by Crippen LogP contribution is 2.25. The fourth-order valence-corrected chi connectivity index (χ4v) is 2.47. The van der Waals surface area contributed by atoms with Crippen molar-refractivity contribution in [3.8, 4) is 0 Å². The van der Waals surface area contributed by atoms with E-state index < -0.39 is 0 Å². The van der Waals surface area contributed by atoms with Crippen molar-refractivity contribution >= 4 is 22.5 Å². The lowest BCUT2D eigenvalue weighted by Crippen LogP contribution is -2.23. The summed E-state index contributed by atoms with van der Waals surface area (Å²) in [5, 5.41) is 25.4. The van der Waals surface area contributed by atoms with Crippen LogP contribution in [0.4, 0.5) is 11.6 Å². The minimum atomic E-state index is -0.0624. The molecular weight excluding hydrogens is 302 g/mol. The van der Waals surface area contributed by atoms with Gasteiger partial charge in [-0.2, -0.15) is 0 Å². The molecule has 1 unspecified atom stereocenters. The summed E-state index contributed by atoms with van der Waals surface area (Å²) in [6.45, 7) is 2.72. The van der Waals surface area contributed by atoms with Gasteiger partial charge in [0.05, 0.1) is 12.6 Å². The van der Waals surface area contributed by atoms with E-state index in [-0.39, 0.29) is 12.6 Å². The Morgan fingerprint density at radius 2 is 1.83 bits per heavy atom. The lowest BCUT2D eigenvalue weighted by molar-refractivity contribution is 0.271. The minimum Gasteiger partial charge on any atom is -0.394 e. The first-order valence-electron chi connectivity index (χ1n) is 8.08. The summed E-state index contributed by atoms with van der Waals surface area (Å²) in [4.78, 5) is 4.43. The van der Waals surface area contributed by atoms with E-state index in [0.29, 0.717) is 18.2 Å². The Kier molecular flexibility index (Phi) is 5.18. The number of pyridine rings is 1. The fourth-order valence-electron chi connectivity index (χ4n) is 2.47. The molecule has 0 aliphatic heterocycles. The molecular formula is C18H21N5O. The Labute approximate surface area is 141 Å². The van der Waals surface area contributed by atoms with Gasteiger partial charge in [-0.25, -0.2) is 0 Å². The van der Waals surface area contributed by atoms with Crippen LogP contribution in [0.1, 0.15) is 18.9 Å². The van der Waals surface area contributed by atoms with Gasteiger partial charge < -0.3 is 15.7 Å². The van der Waals surface area contributed by atoms with Crippen molar-refractivity contribution in [1.29, 1.82) is 0 Å². The molecule has 1 atom stereocenters. The van der Waals surface area contributed by atoms with Gasteiger partial charge in [-0.3, -0.25) is 4.98 Å². The van der Waals surface area contributed by atoms with Crippen molar-refractivity contribution < 1.29 is 5.11 Å². The van der Waals surface area contributed by atoms with E-state index in [1.807, 2.05) is 37.3 Å². The normalized spacial score (nSPS) is 12.1. The van der Waals surface area contributed by atoms with Crippen LogP contribution in [-0.4, -0.2) is 32.9 Å². The predicted octanol–water partition coefficient (Wildman–Crippen LogP) is 2.82. The number of aromatic nitrogens is 3. The Bertz CT molecular complexity index is 790. The average molecular weight is 323 g/mol. The summed E-state index contributed by atoms with van der Waals surface area (Å²) >= 11 is 0. The first-order chi connectivity index (χ1) is 11.8. The monoisotopic (exact) mass is 323 g/mol. The number of fused-ring (bicyclic) bond motifs is 1. The topological polar surface area (TPSA) is 83.0 Å². The zero-order valence-electron chi connectivity index (χ0n) is 13.6. The molecule has 6 nitrogen and oxygen atoms in total. The first kappa shape index (κ1) is 16.1. The molecule has 0 radical (unpaired) electrons. The summed E-state index contributed by atoms with van der Waals surface area (Å²) < 4.78 is 0. The van der Waals surface area contributed by atoms with E-state index in [0.717, 1.165) is 17.3 Å². The first-order valence-corrected chi connectivity index (χ1v) is 8.08. The minimum absolute atomic E-state index is 0.0422. The second-order valence-corrected chi connectivity index (χ2v) is 5.57. The largest absolute Gasteiger partial charge is 0.394 e. The molecule has 0 fully saturated rings. The molecule has 0 saturated heterocycles. The molecule has 2 aromatic heterocycles. The average Bonchev–Trinajstić information content (AvgIpc) is 2.66. The van der Waals surface area contributed by atoms with Crippen LogP contribution in [0.25, 0.3) is 10.9 Å². The zero-order valence-corrected chi connectivity index (χ0v) is 13.6. The van der Waals surface area contributed by atoms with E-state index in [4.69, 9.17) is 0 Å². The maximum absolute atomic E-state index is 9.38. The number of hydrogen-bond acceptors (Lipinski definition) is 6. The van der Waals surface area contributed by atoms with Gasteiger partial charge in [0, 0.05) is 18.1 Å². The van der Waals surface area contributed by atoms with Gasteiger partial charge in [0.2, 0.25) is 0 Å². The van der Waals surface area contributed by atoms with E-state index in [1.165, 1.54) is 5.56 Å². The van der Waals surface area contributed by atoms with Crippen LogP contribution in [0.15, 0.2) is 48.7 Å². The molecule has 0 aliphatic carbocycles. The van der Waals surface area contributed by atoms with Gasteiger partial charge in [0.15, 0.2) is 11.6 Å². The SMILES string of the molecule is CCC(CO)Nc1nnc(NCc2ccccc2)c2cccnc12. The quantitative estimate of drug-likeness (QED) is 0.620. The summed E-state index contributed by atoms with van der Waals surface area (Å²) in [5.74, 6) is 1.29.